The molecule has 244 valence electrons. The Morgan fingerprint density at radius 1 is 0.683 bits per heavy atom. The van der Waals surface area contributed by atoms with Gasteiger partial charge in [-0.15, -0.1) is 0 Å². The van der Waals surface area contributed by atoms with E-state index >= 15 is 0 Å². The van der Waals surface area contributed by atoms with Crippen molar-refractivity contribution in [2.45, 2.75) is 142 Å². The van der Waals surface area contributed by atoms with Gasteiger partial charge in [0.05, 0.1) is 27.7 Å². The Balaban J connectivity index is 4.00. The molecule has 2 atom stereocenters. The van der Waals surface area contributed by atoms with Gasteiger partial charge in [0.15, 0.2) is 6.10 Å². The summed E-state index contributed by atoms with van der Waals surface area (Å²) in [7, 11) is 1.16. The van der Waals surface area contributed by atoms with Gasteiger partial charge in [-0.25, -0.2) is 0 Å². The quantitative estimate of drug-likeness (QED) is 0.0383. The van der Waals surface area contributed by atoms with Gasteiger partial charge in [-0.3, -0.25) is 14.2 Å². The number of nitrogens with zero attached hydrogens (tertiary/aromatic N) is 1. The molecule has 10 heteroatoms. The molecule has 41 heavy (non-hydrogen) atoms. The van der Waals surface area contributed by atoms with Crippen LogP contribution < -0.4 is 4.89 Å². The molecule has 0 aliphatic heterocycles. The lowest BCUT2D eigenvalue weighted by Gasteiger charge is -2.28. The first-order valence-corrected chi connectivity index (χ1v) is 17.7. The molecule has 0 amide bonds. The summed E-state index contributed by atoms with van der Waals surface area (Å²) >= 11 is 0. The van der Waals surface area contributed by atoms with E-state index in [0.29, 0.717) is 17.4 Å². The van der Waals surface area contributed by atoms with Crippen LogP contribution in [0.5, 0.6) is 0 Å². The molecule has 0 N–H and O–H groups in total. The van der Waals surface area contributed by atoms with Crippen LogP contribution in [0.15, 0.2) is 0 Å². The first-order chi connectivity index (χ1) is 19.5. The van der Waals surface area contributed by atoms with Crippen LogP contribution in [0.2, 0.25) is 0 Å². The smallest absolute Gasteiger partial charge is 0.306 e. The fourth-order valence-corrected chi connectivity index (χ4v) is 5.01. The predicted molar refractivity (Wildman–Crippen MR) is 162 cm³/mol. The van der Waals surface area contributed by atoms with Crippen molar-refractivity contribution in [3.8, 4) is 0 Å². The van der Waals surface area contributed by atoms with Gasteiger partial charge < -0.3 is 27.9 Å². The van der Waals surface area contributed by atoms with Crippen LogP contribution in [0, 0.1) is 0 Å². The van der Waals surface area contributed by atoms with Crippen molar-refractivity contribution in [2.24, 2.45) is 0 Å². The normalized spacial score (nSPS) is 14.0. The van der Waals surface area contributed by atoms with Crippen LogP contribution >= 0.6 is 7.82 Å². The van der Waals surface area contributed by atoms with E-state index in [1.54, 1.807) is 6.92 Å². The summed E-state index contributed by atoms with van der Waals surface area (Å²) in [5.74, 6) is -0.928. The van der Waals surface area contributed by atoms with E-state index in [-0.39, 0.29) is 26.1 Å². The molecule has 2 unspecified atom stereocenters. The van der Waals surface area contributed by atoms with E-state index in [4.69, 9.17) is 18.5 Å². The summed E-state index contributed by atoms with van der Waals surface area (Å²) in [4.78, 5) is 35.9. The van der Waals surface area contributed by atoms with E-state index in [9.17, 15) is 19.0 Å². The van der Waals surface area contributed by atoms with E-state index in [1.807, 2.05) is 21.1 Å². The maximum absolute atomic E-state index is 12.3. The number of unbranched alkanes of at least 4 members (excludes halogenated alkanes) is 16. The highest BCUT2D eigenvalue weighted by molar-refractivity contribution is 7.45. The maximum atomic E-state index is 12.3. The third kappa shape index (κ3) is 28.9. The topological polar surface area (TPSA) is 111 Å². The maximum Gasteiger partial charge on any atom is 0.306 e. The molecule has 0 fully saturated rings. The highest BCUT2D eigenvalue weighted by Crippen LogP contribution is 2.38. The van der Waals surface area contributed by atoms with Gasteiger partial charge >= 0.3 is 11.9 Å². The zero-order valence-electron chi connectivity index (χ0n) is 27.0. The standard InChI is InChI=1S/C31H62NO8P/c1-6-8-9-10-11-12-13-14-15-16-17-18-19-20-21-22-23-24-31(34)40-29(27-37-30(33)7-2)28-39-41(35,36)38-26-25-32(3,4)5/h29H,6-28H2,1-5H3. The SMILES string of the molecule is CCCCCCCCCCCCCCCCCCCC(=O)OC(COC(=O)CC)COP(=O)([O-])OCC[N+](C)(C)C. The highest BCUT2D eigenvalue weighted by atomic mass is 31.2. The average Bonchev–Trinajstić information content (AvgIpc) is 2.90. The van der Waals surface area contributed by atoms with E-state index in [2.05, 4.69) is 6.92 Å². The highest BCUT2D eigenvalue weighted by Gasteiger charge is 2.21. The van der Waals surface area contributed by atoms with Crippen LogP contribution in [-0.2, 0) is 32.7 Å². The molecule has 0 aromatic carbocycles. The third-order valence-corrected chi connectivity index (χ3v) is 7.90. The van der Waals surface area contributed by atoms with Gasteiger partial charge in [-0.1, -0.05) is 117 Å². The molecule has 0 aliphatic carbocycles. The summed E-state index contributed by atoms with van der Waals surface area (Å²) in [6.07, 6.45) is 20.8. The lowest BCUT2D eigenvalue weighted by molar-refractivity contribution is -0.870. The fourth-order valence-electron chi connectivity index (χ4n) is 4.28. The van der Waals surface area contributed by atoms with Gasteiger partial charge in [0.2, 0.25) is 0 Å². The molecular weight excluding hydrogens is 545 g/mol. The predicted octanol–water partition coefficient (Wildman–Crippen LogP) is 7.10. The summed E-state index contributed by atoms with van der Waals surface area (Å²) in [5.41, 5.74) is 0. The van der Waals surface area contributed by atoms with Crippen molar-refractivity contribution in [1.82, 2.24) is 0 Å². The Morgan fingerprint density at radius 2 is 1.15 bits per heavy atom. The number of phosphoric acid groups is 1. The van der Waals surface area contributed by atoms with Crippen LogP contribution in [0.3, 0.4) is 0 Å². The van der Waals surface area contributed by atoms with Gasteiger partial charge in [0, 0.05) is 12.8 Å². The Hall–Kier alpha value is -0.990. The second-order valence-corrected chi connectivity index (χ2v) is 13.6. The Kier molecular flexibility index (Phi) is 24.9. The number of esters is 2. The molecule has 0 heterocycles. The minimum atomic E-state index is -4.58. The second kappa shape index (κ2) is 25.5. The van der Waals surface area contributed by atoms with Crippen molar-refractivity contribution in [3.63, 3.8) is 0 Å². The van der Waals surface area contributed by atoms with E-state index in [0.717, 1.165) is 12.8 Å². The number of carbonyl (C=O) groups is 2. The molecule has 0 rings (SSSR count). The number of rotatable bonds is 29. The minimum Gasteiger partial charge on any atom is -0.756 e. The fraction of sp³-hybridized carbons (Fsp3) is 0.935. The number of ether oxygens (including phenoxy) is 2. The summed E-state index contributed by atoms with van der Waals surface area (Å²) < 4.78 is 32.8. The first kappa shape index (κ1) is 40.0. The summed E-state index contributed by atoms with van der Waals surface area (Å²) in [6.45, 7) is 3.62. The molecule has 0 radical (unpaired) electrons. The Morgan fingerprint density at radius 3 is 1.59 bits per heavy atom. The number of quaternary nitrogens is 1. The van der Waals surface area contributed by atoms with Gasteiger partial charge in [-0.2, -0.15) is 0 Å². The molecule has 0 spiro atoms. The van der Waals surface area contributed by atoms with Crippen LogP contribution in [0.1, 0.15) is 136 Å². The number of phosphoric ester groups is 1. The lowest BCUT2D eigenvalue weighted by atomic mass is 10.0. The van der Waals surface area contributed by atoms with Crippen LogP contribution in [0.4, 0.5) is 0 Å². The number of likely N-dealkylation sites (N-methyl/N-ethyl adjacent to an activating group) is 1. The van der Waals surface area contributed by atoms with E-state index < -0.39 is 32.5 Å². The van der Waals surface area contributed by atoms with Gasteiger partial charge in [0.25, 0.3) is 7.82 Å². The molecular formula is C31H62NO8P. The molecule has 0 bridgehead atoms. The summed E-state index contributed by atoms with van der Waals surface area (Å²) in [6, 6.07) is 0. The van der Waals surface area contributed by atoms with Crippen molar-refractivity contribution in [2.75, 3.05) is 47.5 Å². The summed E-state index contributed by atoms with van der Waals surface area (Å²) in [5, 5.41) is 0. The molecule has 0 saturated heterocycles. The average molecular weight is 608 g/mol. The van der Waals surface area contributed by atoms with Crippen molar-refractivity contribution in [3.05, 3.63) is 0 Å². The van der Waals surface area contributed by atoms with Gasteiger partial charge in [0.1, 0.15) is 19.8 Å². The van der Waals surface area contributed by atoms with Crippen molar-refractivity contribution in [1.29, 1.82) is 0 Å². The lowest BCUT2D eigenvalue weighted by Crippen LogP contribution is -2.37. The van der Waals surface area contributed by atoms with Crippen molar-refractivity contribution < 1.29 is 42.1 Å². The number of hydrogen-bond donors (Lipinski definition) is 0. The largest absolute Gasteiger partial charge is 0.756 e. The van der Waals surface area contributed by atoms with Gasteiger partial charge in [-0.05, 0) is 6.42 Å². The minimum absolute atomic E-state index is 0.0289. The second-order valence-electron chi connectivity index (χ2n) is 12.1. The molecule has 9 nitrogen and oxygen atoms in total. The molecule has 0 aromatic rings. The monoisotopic (exact) mass is 607 g/mol. The van der Waals surface area contributed by atoms with Crippen molar-refractivity contribution >= 4 is 19.8 Å². The number of hydrogen-bond acceptors (Lipinski definition) is 8. The zero-order valence-corrected chi connectivity index (χ0v) is 27.9. The van der Waals surface area contributed by atoms with E-state index in [1.165, 1.54) is 89.9 Å². The van der Waals surface area contributed by atoms with Crippen LogP contribution in [0.25, 0.3) is 0 Å². The molecule has 0 aromatic heterocycles. The third-order valence-electron chi connectivity index (χ3n) is 6.93. The first-order valence-electron chi connectivity index (χ1n) is 16.2. The Labute approximate surface area is 251 Å². The zero-order chi connectivity index (χ0) is 30.8. The number of carbonyl (C=O) groups excluding carboxylic acids is 2. The Bertz CT molecular complexity index is 698. The molecule has 0 saturated carbocycles. The molecule has 0 aliphatic rings. The van der Waals surface area contributed by atoms with Crippen LogP contribution in [-0.4, -0.2) is 70.0 Å².